The van der Waals surface area contributed by atoms with Crippen LogP contribution in [0, 0.1) is 0 Å². The van der Waals surface area contributed by atoms with E-state index >= 15 is 0 Å². The number of halogens is 6. The Labute approximate surface area is 273 Å². The van der Waals surface area contributed by atoms with Crippen LogP contribution in [0.4, 0.5) is 26.3 Å². The predicted molar refractivity (Wildman–Crippen MR) is 168 cm³/mol. The van der Waals surface area contributed by atoms with Crippen LogP contribution in [-0.2, 0) is 24.0 Å². The molecule has 1 atom stereocenters. The summed E-state index contributed by atoms with van der Waals surface area (Å²) in [6, 6.07) is 7.60. The van der Waals surface area contributed by atoms with Crippen LogP contribution >= 0.6 is 0 Å². The van der Waals surface area contributed by atoms with E-state index in [-0.39, 0.29) is 36.3 Å². The molecule has 2 aliphatic rings. The third-order valence-electron chi connectivity index (χ3n) is 8.87. The lowest BCUT2D eigenvalue weighted by Crippen LogP contribution is -2.54. The third kappa shape index (κ3) is 8.48. The number of rotatable bonds is 17. The zero-order chi connectivity index (χ0) is 34.3. The monoisotopic (exact) mass is 672 g/mol. The number of fused-ring (bicyclic) bond motifs is 1. The molecule has 6 nitrogen and oxygen atoms in total. The van der Waals surface area contributed by atoms with Crippen LogP contribution in [0.2, 0.25) is 0 Å². The summed E-state index contributed by atoms with van der Waals surface area (Å²) in [7, 11) is 0. The van der Waals surface area contributed by atoms with Crippen LogP contribution in [0.5, 0.6) is 17.2 Å². The number of benzene rings is 2. The molecule has 2 heterocycles. The van der Waals surface area contributed by atoms with E-state index in [0.29, 0.717) is 25.2 Å². The van der Waals surface area contributed by atoms with Gasteiger partial charge in [-0.25, -0.2) is 0 Å². The molecule has 1 unspecified atom stereocenters. The van der Waals surface area contributed by atoms with Crippen molar-refractivity contribution in [2.45, 2.75) is 115 Å². The van der Waals surface area contributed by atoms with E-state index < -0.39 is 23.5 Å². The number of aliphatic imine (C=N–C) groups is 1. The molecule has 0 aromatic heterocycles. The van der Waals surface area contributed by atoms with Crippen molar-refractivity contribution in [3.8, 4) is 17.2 Å². The molecule has 0 spiro atoms. The number of hydrogen-bond donors (Lipinski definition) is 1. The van der Waals surface area contributed by atoms with Crippen LogP contribution in [0.3, 0.4) is 0 Å². The highest BCUT2D eigenvalue weighted by atomic mass is 19.4. The average Bonchev–Trinajstić information content (AvgIpc) is 3.64. The number of alkyl halides is 6. The number of aryl methyl sites for hydroxylation is 2. The predicted octanol–water partition coefficient (Wildman–Crippen LogP) is 9.00. The van der Waals surface area contributed by atoms with Crippen molar-refractivity contribution in [3.63, 3.8) is 0 Å². The average molecular weight is 673 g/mol. The summed E-state index contributed by atoms with van der Waals surface area (Å²) in [5, 5.41) is 10.0. The first-order valence-electron chi connectivity index (χ1n) is 16.6. The summed E-state index contributed by atoms with van der Waals surface area (Å²) >= 11 is 0. The zero-order valence-corrected chi connectivity index (χ0v) is 27.4. The fraction of sp³-hybridized carbons (Fsp3) is 0.629. The summed E-state index contributed by atoms with van der Waals surface area (Å²) in [5.41, 5.74) is -4.90. The Balaban J connectivity index is 1.20. The van der Waals surface area contributed by atoms with Gasteiger partial charge in [0.05, 0.1) is 12.9 Å². The molecule has 4 rings (SSSR count). The van der Waals surface area contributed by atoms with Crippen LogP contribution < -0.4 is 14.2 Å². The molecule has 0 aliphatic carbocycles. The van der Waals surface area contributed by atoms with Crippen molar-refractivity contribution in [1.82, 2.24) is 4.90 Å². The molecular formula is C35H46F6N2O4. The second kappa shape index (κ2) is 15.4. The van der Waals surface area contributed by atoms with Gasteiger partial charge in [-0.15, -0.1) is 0 Å². The molecule has 0 saturated carbocycles. The molecular weight excluding hydrogens is 626 g/mol. The largest absolute Gasteiger partial charge is 0.493 e. The quantitative estimate of drug-likeness (QED) is 0.134. The summed E-state index contributed by atoms with van der Waals surface area (Å²) in [6.45, 7) is 7.98. The molecule has 0 saturated heterocycles. The van der Waals surface area contributed by atoms with Crippen molar-refractivity contribution in [1.29, 1.82) is 0 Å². The topological polar surface area (TPSA) is 63.5 Å². The number of unbranched alkanes of at least 4 members (excludes halogenated alkanes) is 6. The minimum atomic E-state index is -5.93. The molecule has 0 radical (unpaired) electrons. The van der Waals surface area contributed by atoms with Crippen LogP contribution in [0.25, 0.3) is 0 Å². The smallest absolute Gasteiger partial charge is 0.430 e. The van der Waals surface area contributed by atoms with E-state index in [9.17, 15) is 31.4 Å². The molecule has 12 heteroatoms. The first-order chi connectivity index (χ1) is 22.2. The van der Waals surface area contributed by atoms with Gasteiger partial charge in [0.15, 0.2) is 11.5 Å². The summed E-state index contributed by atoms with van der Waals surface area (Å²) < 4.78 is 98.6. The van der Waals surface area contributed by atoms with Crippen molar-refractivity contribution in [2.24, 2.45) is 4.99 Å². The lowest BCUT2D eigenvalue weighted by Gasteiger charge is -2.33. The maximum atomic E-state index is 13.6. The van der Waals surface area contributed by atoms with Crippen molar-refractivity contribution in [2.75, 3.05) is 26.5 Å². The van der Waals surface area contributed by atoms with Gasteiger partial charge in [0.1, 0.15) is 11.3 Å². The van der Waals surface area contributed by atoms with E-state index in [1.807, 2.05) is 24.5 Å². The Bertz CT molecular complexity index is 1320. The molecule has 1 N–H and O–H groups in total. The fourth-order valence-electron chi connectivity index (χ4n) is 6.24. The minimum Gasteiger partial charge on any atom is -0.493 e. The number of aliphatic hydroxyl groups is 1. The molecule has 2 aliphatic heterocycles. The fourth-order valence-corrected chi connectivity index (χ4v) is 6.24. The van der Waals surface area contributed by atoms with E-state index in [4.69, 9.17) is 19.2 Å². The SMILES string of the molecule is CCCc1cc(C(O)(C(F)(F)F)C(F)(F)F)cc(CCC)c1OCCCCCCCCCN1C=NC(C)(c2ccc3c(c2)OCO3)C1. The third-order valence-corrected chi connectivity index (χ3v) is 8.87. The Morgan fingerprint density at radius 1 is 0.830 bits per heavy atom. The van der Waals surface area contributed by atoms with Crippen molar-refractivity contribution < 1.29 is 45.7 Å². The zero-order valence-electron chi connectivity index (χ0n) is 27.4. The Morgan fingerprint density at radius 3 is 2.00 bits per heavy atom. The molecule has 262 valence electrons. The first-order valence-corrected chi connectivity index (χ1v) is 16.6. The lowest BCUT2D eigenvalue weighted by molar-refractivity contribution is -0.376. The first kappa shape index (κ1) is 36.7. The Morgan fingerprint density at radius 2 is 1.40 bits per heavy atom. The van der Waals surface area contributed by atoms with Gasteiger partial charge in [0.25, 0.3) is 5.60 Å². The normalized spacial score (nSPS) is 18.0. The second-order valence-electron chi connectivity index (χ2n) is 12.7. The molecule has 2 aromatic rings. The van der Waals surface area contributed by atoms with Gasteiger partial charge in [0, 0.05) is 18.7 Å². The van der Waals surface area contributed by atoms with Crippen LogP contribution in [0.15, 0.2) is 35.3 Å². The van der Waals surface area contributed by atoms with Gasteiger partial charge >= 0.3 is 12.4 Å². The highest BCUT2D eigenvalue weighted by Gasteiger charge is 2.71. The van der Waals surface area contributed by atoms with Gasteiger partial charge in [0.2, 0.25) is 6.79 Å². The molecule has 0 fully saturated rings. The van der Waals surface area contributed by atoms with Crippen molar-refractivity contribution in [3.05, 3.63) is 52.6 Å². The van der Waals surface area contributed by atoms with Gasteiger partial charge in [-0.2, -0.15) is 26.3 Å². The molecule has 2 aromatic carbocycles. The van der Waals surface area contributed by atoms with Crippen molar-refractivity contribution >= 4 is 6.34 Å². The maximum absolute atomic E-state index is 13.6. The second-order valence-corrected chi connectivity index (χ2v) is 12.7. The van der Waals surface area contributed by atoms with E-state index in [1.54, 1.807) is 13.8 Å². The highest BCUT2D eigenvalue weighted by Crippen LogP contribution is 2.51. The van der Waals surface area contributed by atoms with Crippen LogP contribution in [0.1, 0.15) is 101 Å². The number of ether oxygens (including phenoxy) is 3. The van der Waals surface area contributed by atoms with Crippen LogP contribution in [-0.4, -0.2) is 55.2 Å². The minimum absolute atomic E-state index is 0.229. The summed E-state index contributed by atoms with van der Waals surface area (Å²) in [4.78, 5) is 7.03. The highest BCUT2D eigenvalue weighted by molar-refractivity contribution is 5.60. The Kier molecular flexibility index (Phi) is 12.0. The summed E-state index contributed by atoms with van der Waals surface area (Å²) in [5.74, 6) is 1.85. The Hall–Kier alpha value is -3.15. The molecule has 0 amide bonds. The molecule has 0 bridgehead atoms. The standard InChI is InChI=1S/C35H46F6N2O4/c1-4-13-25-19-28(33(44,34(36,37)38)35(39,40)41)20-26(14-5-2)31(25)45-18-12-10-8-6-7-9-11-17-43-22-32(3,42-23-43)27-15-16-29-30(21-27)47-24-46-29/h15-16,19-21,23,44H,4-14,17-18,22,24H2,1-3H3. The van der Waals surface area contributed by atoms with E-state index in [0.717, 1.165) is 87.2 Å². The van der Waals surface area contributed by atoms with E-state index in [1.165, 1.54) is 0 Å². The number of hydrogen-bond acceptors (Lipinski definition) is 6. The summed E-state index contributed by atoms with van der Waals surface area (Å²) in [6.07, 6.45) is -1.56. The van der Waals surface area contributed by atoms with E-state index in [2.05, 4.69) is 11.8 Å². The number of nitrogens with zero attached hydrogens (tertiary/aromatic N) is 2. The lowest BCUT2D eigenvalue weighted by atomic mass is 9.87. The van der Waals surface area contributed by atoms with Gasteiger partial charge < -0.3 is 24.2 Å². The van der Waals surface area contributed by atoms with Gasteiger partial charge in [-0.1, -0.05) is 64.9 Å². The maximum Gasteiger partial charge on any atom is 0.430 e. The van der Waals surface area contributed by atoms with Gasteiger partial charge in [-0.3, -0.25) is 4.99 Å². The van der Waals surface area contributed by atoms with Gasteiger partial charge in [-0.05, 0) is 73.6 Å². The molecule has 47 heavy (non-hydrogen) atoms.